The van der Waals surface area contributed by atoms with E-state index in [0.29, 0.717) is 30.5 Å². The maximum atomic E-state index is 12.1. The Balaban J connectivity index is 2.69. The predicted octanol–water partition coefficient (Wildman–Crippen LogP) is 1.16. The van der Waals surface area contributed by atoms with Gasteiger partial charge in [0.2, 0.25) is 0 Å². The quantitative estimate of drug-likeness (QED) is 0.509. The molecule has 0 radical (unpaired) electrons. The number of carbonyl (C=O) groups excluding carboxylic acids is 1. The van der Waals surface area contributed by atoms with Gasteiger partial charge in [-0.15, -0.1) is 0 Å². The minimum atomic E-state index is -0.155. The summed E-state index contributed by atoms with van der Waals surface area (Å²) in [6.07, 6.45) is 1.54. The van der Waals surface area contributed by atoms with E-state index < -0.39 is 0 Å². The zero-order valence-corrected chi connectivity index (χ0v) is 11.6. The molecule has 19 heavy (non-hydrogen) atoms. The number of hydrazine groups is 1. The van der Waals surface area contributed by atoms with E-state index in [1.807, 2.05) is 20.8 Å². The highest BCUT2D eigenvalue weighted by Gasteiger charge is 2.17. The summed E-state index contributed by atoms with van der Waals surface area (Å²) in [7, 11) is 0. The van der Waals surface area contributed by atoms with E-state index in [2.05, 4.69) is 15.7 Å². The molecule has 0 aliphatic rings. The molecule has 1 aromatic heterocycles. The highest BCUT2D eigenvalue weighted by atomic mass is 16.5. The predicted molar refractivity (Wildman–Crippen MR) is 74.6 cm³/mol. The zero-order valence-electron chi connectivity index (χ0n) is 11.6. The van der Waals surface area contributed by atoms with E-state index in [0.717, 1.165) is 0 Å². The van der Waals surface area contributed by atoms with E-state index >= 15 is 0 Å². The number of aromatic nitrogens is 1. The second kappa shape index (κ2) is 7.70. The molecule has 6 heteroatoms. The molecule has 0 fully saturated rings. The lowest BCUT2D eigenvalue weighted by atomic mass is 10.0. The van der Waals surface area contributed by atoms with Crippen molar-refractivity contribution in [2.75, 3.05) is 18.6 Å². The van der Waals surface area contributed by atoms with Crippen molar-refractivity contribution < 1.29 is 9.53 Å². The molecule has 106 valence electrons. The maximum Gasteiger partial charge on any atom is 0.251 e. The van der Waals surface area contributed by atoms with Crippen LogP contribution in [0.5, 0.6) is 0 Å². The maximum absolute atomic E-state index is 12.1. The average molecular weight is 266 g/mol. The molecule has 0 saturated carbocycles. The molecular formula is C13H22N4O2. The topological polar surface area (TPSA) is 89.3 Å². The van der Waals surface area contributed by atoms with E-state index in [-0.39, 0.29) is 11.9 Å². The summed E-state index contributed by atoms with van der Waals surface area (Å²) >= 11 is 0. The van der Waals surface area contributed by atoms with Gasteiger partial charge in [-0.25, -0.2) is 10.8 Å². The van der Waals surface area contributed by atoms with E-state index in [9.17, 15) is 4.79 Å². The monoisotopic (exact) mass is 266 g/mol. The van der Waals surface area contributed by atoms with Gasteiger partial charge in [0.25, 0.3) is 5.91 Å². The van der Waals surface area contributed by atoms with Crippen LogP contribution in [0.1, 0.15) is 31.1 Å². The Hall–Kier alpha value is -1.66. The molecule has 1 rings (SSSR count). The van der Waals surface area contributed by atoms with Crippen molar-refractivity contribution in [3.05, 3.63) is 23.9 Å². The van der Waals surface area contributed by atoms with Crippen LogP contribution in [0, 0.1) is 5.92 Å². The van der Waals surface area contributed by atoms with E-state index in [1.54, 1.807) is 12.1 Å². The Labute approximate surface area is 113 Å². The van der Waals surface area contributed by atoms with Crippen LogP contribution in [0.2, 0.25) is 0 Å². The summed E-state index contributed by atoms with van der Waals surface area (Å²) in [6.45, 7) is 7.16. The van der Waals surface area contributed by atoms with Crippen molar-refractivity contribution in [2.45, 2.75) is 26.8 Å². The number of nitrogens with two attached hydrogens (primary N) is 1. The number of nitrogens with one attached hydrogen (secondary N) is 2. The Bertz CT molecular complexity index is 409. The first kappa shape index (κ1) is 15.4. The normalized spacial score (nSPS) is 12.3. The molecule has 0 aliphatic heterocycles. The van der Waals surface area contributed by atoms with Gasteiger partial charge in [-0.2, -0.15) is 0 Å². The van der Waals surface area contributed by atoms with Crippen molar-refractivity contribution >= 4 is 11.7 Å². The first-order valence-electron chi connectivity index (χ1n) is 6.39. The molecule has 6 nitrogen and oxygen atoms in total. The Morgan fingerprint density at radius 2 is 2.26 bits per heavy atom. The number of anilines is 1. The van der Waals surface area contributed by atoms with Crippen molar-refractivity contribution in [3.8, 4) is 0 Å². The standard InChI is InChI=1S/C13H22N4O2/c1-4-19-8-11(9(2)3)16-13(18)10-5-6-15-12(7-10)17-14/h5-7,9,11H,4,8,14H2,1-3H3,(H,15,17)(H,16,18). The van der Waals surface area contributed by atoms with Gasteiger partial charge in [-0.3, -0.25) is 4.79 Å². The molecule has 0 aliphatic carbocycles. The van der Waals surface area contributed by atoms with Crippen LogP contribution in [-0.4, -0.2) is 30.1 Å². The summed E-state index contributed by atoms with van der Waals surface area (Å²) in [5.41, 5.74) is 2.94. The molecule has 1 atom stereocenters. The first-order valence-corrected chi connectivity index (χ1v) is 6.39. The number of ether oxygens (including phenoxy) is 1. The minimum Gasteiger partial charge on any atom is -0.380 e. The van der Waals surface area contributed by atoms with E-state index in [4.69, 9.17) is 10.6 Å². The van der Waals surface area contributed by atoms with Crippen LogP contribution in [0.15, 0.2) is 18.3 Å². The molecule has 0 bridgehead atoms. The fraction of sp³-hybridized carbons (Fsp3) is 0.538. The van der Waals surface area contributed by atoms with Gasteiger partial charge in [0.05, 0.1) is 12.6 Å². The van der Waals surface area contributed by atoms with Gasteiger partial charge in [-0.1, -0.05) is 13.8 Å². The van der Waals surface area contributed by atoms with Gasteiger partial charge >= 0.3 is 0 Å². The number of hydrogen-bond acceptors (Lipinski definition) is 5. The third kappa shape index (κ3) is 4.84. The summed E-state index contributed by atoms with van der Waals surface area (Å²) in [5, 5.41) is 2.96. The molecular weight excluding hydrogens is 244 g/mol. The second-order valence-corrected chi connectivity index (χ2v) is 4.56. The first-order chi connectivity index (χ1) is 9.08. The van der Waals surface area contributed by atoms with E-state index in [1.165, 1.54) is 6.20 Å². The SMILES string of the molecule is CCOCC(NC(=O)c1ccnc(NN)c1)C(C)C. The molecule has 0 saturated heterocycles. The fourth-order valence-electron chi connectivity index (χ4n) is 1.55. The van der Waals surface area contributed by atoms with Gasteiger partial charge in [-0.05, 0) is 25.0 Å². The highest BCUT2D eigenvalue weighted by molar-refractivity contribution is 5.95. The number of nitrogen functional groups attached to an aromatic ring is 1. The minimum absolute atomic E-state index is 0.0186. The molecule has 1 heterocycles. The lowest BCUT2D eigenvalue weighted by Crippen LogP contribution is -2.41. The molecule has 1 amide bonds. The molecule has 0 spiro atoms. The summed E-state index contributed by atoms with van der Waals surface area (Å²) in [4.78, 5) is 16.1. The second-order valence-electron chi connectivity index (χ2n) is 4.56. The van der Waals surface area contributed by atoms with Crippen molar-refractivity contribution in [2.24, 2.45) is 11.8 Å². The highest BCUT2D eigenvalue weighted by Crippen LogP contribution is 2.08. The zero-order chi connectivity index (χ0) is 14.3. The van der Waals surface area contributed by atoms with Gasteiger partial charge in [0.1, 0.15) is 5.82 Å². The fourth-order valence-corrected chi connectivity index (χ4v) is 1.55. The van der Waals surface area contributed by atoms with Crippen molar-refractivity contribution in [1.82, 2.24) is 10.3 Å². The summed E-state index contributed by atoms with van der Waals surface area (Å²) in [5.74, 6) is 5.87. The number of pyridine rings is 1. The molecule has 0 aromatic carbocycles. The summed E-state index contributed by atoms with van der Waals surface area (Å²) in [6, 6.07) is 3.23. The lowest BCUT2D eigenvalue weighted by molar-refractivity contribution is 0.0806. The number of hydrogen-bond donors (Lipinski definition) is 3. The van der Waals surface area contributed by atoms with Crippen LogP contribution in [0.25, 0.3) is 0 Å². The molecule has 1 unspecified atom stereocenters. The van der Waals surface area contributed by atoms with Crippen LogP contribution in [0.3, 0.4) is 0 Å². The van der Waals surface area contributed by atoms with Gasteiger partial charge in [0, 0.05) is 18.4 Å². The third-order valence-corrected chi connectivity index (χ3v) is 2.79. The smallest absolute Gasteiger partial charge is 0.251 e. The van der Waals surface area contributed by atoms with Crippen molar-refractivity contribution in [1.29, 1.82) is 0 Å². The molecule has 4 N–H and O–H groups in total. The Morgan fingerprint density at radius 3 is 2.84 bits per heavy atom. The average Bonchev–Trinajstić information content (AvgIpc) is 2.42. The number of carbonyl (C=O) groups is 1. The Kier molecular flexibility index (Phi) is 6.24. The largest absolute Gasteiger partial charge is 0.380 e. The van der Waals surface area contributed by atoms with Gasteiger partial charge in [0.15, 0.2) is 0 Å². The van der Waals surface area contributed by atoms with Crippen LogP contribution >= 0.6 is 0 Å². The molecule has 1 aromatic rings. The number of nitrogens with zero attached hydrogens (tertiary/aromatic N) is 1. The lowest BCUT2D eigenvalue weighted by Gasteiger charge is -2.22. The summed E-state index contributed by atoms with van der Waals surface area (Å²) < 4.78 is 5.38. The third-order valence-electron chi connectivity index (χ3n) is 2.79. The Morgan fingerprint density at radius 1 is 1.53 bits per heavy atom. The van der Waals surface area contributed by atoms with Crippen LogP contribution < -0.4 is 16.6 Å². The number of rotatable bonds is 7. The van der Waals surface area contributed by atoms with Crippen LogP contribution in [-0.2, 0) is 4.74 Å². The van der Waals surface area contributed by atoms with Gasteiger partial charge < -0.3 is 15.5 Å². The number of amides is 1. The van der Waals surface area contributed by atoms with Crippen molar-refractivity contribution in [3.63, 3.8) is 0 Å². The van der Waals surface area contributed by atoms with Crippen LogP contribution in [0.4, 0.5) is 5.82 Å².